The topological polar surface area (TPSA) is 57.6 Å². The van der Waals surface area contributed by atoms with E-state index in [4.69, 9.17) is 0 Å². The molecule has 0 aromatic heterocycles. The van der Waals surface area contributed by atoms with Gasteiger partial charge >= 0.3 is 0 Å². The first-order chi connectivity index (χ1) is 12.1. The molecule has 0 heterocycles. The highest BCUT2D eigenvalue weighted by Crippen LogP contribution is 2.31. The maximum atomic E-state index is 13.2. The van der Waals surface area contributed by atoms with Crippen LogP contribution in [-0.4, -0.2) is 31.4 Å². The summed E-state index contributed by atoms with van der Waals surface area (Å²) in [6.07, 6.45) is -0.334. The van der Waals surface area contributed by atoms with E-state index in [9.17, 15) is 13.5 Å². The van der Waals surface area contributed by atoms with Crippen LogP contribution in [0.5, 0.6) is 0 Å². The Morgan fingerprint density at radius 1 is 0.885 bits per heavy atom. The van der Waals surface area contributed by atoms with Gasteiger partial charge in [-0.15, -0.1) is 0 Å². The molecule has 0 fully saturated rings. The molecule has 2 rings (SSSR count). The van der Waals surface area contributed by atoms with E-state index < -0.39 is 16.1 Å². The third kappa shape index (κ3) is 3.85. The summed E-state index contributed by atoms with van der Waals surface area (Å²) in [5, 5.41) is 10.3. The van der Waals surface area contributed by atoms with Crippen molar-refractivity contribution >= 4 is 10.0 Å². The van der Waals surface area contributed by atoms with Gasteiger partial charge in [-0.3, -0.25) is 0 Å². The number of nitrogens with zero attached hydrogens (tertiary/aromatic N) is 1. The van der Waals surface area contributed by atoms with E-state index in [-0.39, 0.29) is 6.54 Å². The van der Waals surface area contributed by atoms with Crippen molar-refractivity contribution in [2.24, 2.45) is 0 Å². The van der Waals surface area contributed by atoms with Gasteiger partial charge in [0.25, 0.3) is 0 Å². The van der Waals surface area contributed by atoms with Crippen LogP contribution < -0.4 is 0 Å². The monoisotopic (exact) mass is 375 g/mol. The Morgan fingerprint density at radius 2 is 1.35 bits per heavy atom. The highest BCUT2D eigenvalue weighted by Gasteiger charge is 2.27. The van der Waals surface area contributed by atoms with Crippen molar-refractivity contribution in [2.75, 3.05) is 13.6 Å². The number of rotatable bonds is 6. The van der Waals surface area contributed by atoms with E-state index in [0.717, 1.165) is 33.4 Å². The first-order valence-electron chi connectivity index (χ1n) is 8.85. The van der Waals surface area contributed by atoms with Crippen molar-refractivity contribution in [1.29, 1.82) is 0 Å². The van der Waals surface area contributed by atoms with Crippen molar-refractivity contribution in [3.05, 3.63) is 63.7 Å². The van der Waals surface area contributed by atoms with Gasteiger partial charge in [0.15, 0.2) is 0 Å². The maximum absolute atomic E-state index is 13.2. The molecule has 0 aliphatic rings. The largest absolute Gasteiger partial charge is 0.388 e. The average molecular weight is 376 g/mol. The molecule has 26 heavy (non-hydrogen) atoms. The van der Waals surface area contributed by atoms with Crippen LogP contribution in [0.3, 0.4) is 0 Å². The Morgan fingerprint density at radius 3 is 1.85 bits per heavy atom. The van der Waals surface area contributed by atoms with E-state index in [1.165, 1.54) is 4.31 Å². The van der Waals surface area contributed by atoms with E-state index in [1.807, 2.05) is 65.0 Å². The summed E-state index contributed by atoms with van der Waals surface area (Å²) in [4.78, 5) is 0.398. The van der Waals surface area contributed by atoms with Gasteiger partial charge in [-0.25, -0.2) is 12.7 Å². The van der Waals surface area contributed by atoms with Crippen molar-refractivity contribution in [1.82, 2.24) is 4.31 Å². The molecule has 5 heteroatoms. The number of hydrogen-bond donors (Lipinski definition) is 1. The van der Waals surface area contributed by atoms with Crippen molar-refractivity contribution in [3.63, 3.8) is 0 Å². The normalized spacial score (nSPS) is 13.2. The van der Waals surface area contributed by atoms with Crippen LogP contribution in [0.15, 0.2) is 35.2 Å². The average Bonchev–Trinajstić information content (AvgIpc) is 2.63. The molecule has 0 radical (unpaired) electrons. The molecule has 0 amide bonds. The van der Waals surface area contributed by atoms with Crippen LogP contribution in [0.2, 0.25) is 0 Å². The minimum atomic E-state index is -3.62. The number of aliphatic hydroxyl groups excluding tert-OH is 1. The maximum Gasteiger partial charge on any atom is 0.243 e. The molecule has 0 saturated carbocycles. The van der Waals surface area contributed by atoms with Crippen molar-refractivity contribution < 1.29 is 13.5 Å². The summed E-state index contributed by atoms with van der Waals surface area (Å²) >= 11 is 0. The molecular weight excluding hydrogens is 346 g/mol. The highest BCUT2D eigenvalue weighted by atomic mass is 32.2. The lowest BCUT2D eigenvalue weighted by Gasteiger charge is -2.24. The molecule has 142 valence electrons. The molecular formula is C21H29NO3S. The fourth-order valence-corrected chi connectivity index (χ4v) is 5.01. The van der Waals surface area contributed by atoms with E-state index in [1.54, 1.807) is 7.05 Å². The number of hydrogen-bond acceptors (Lipinski definition) is 3. The van der Waals surface area contributed by atoms with Crippen LogP contribution in [0.4, 0.5) is 0 Å². The second kappa shape index (κ2) is 7.91. The molecule has 1 N–H and O–H groups in total. The standard InChI is InChI=1S/C21H29NO3S/c1-14-15(2)17(4)21(18(5)16(14)3)26(24,25)22(6)13-12-20(23)19-10-8-7-9-11-19/h7-11,20,23H,12-13H2,1-6H3. The van der Waals surface area contributed by atoms with Gasteiger partial charge in [-0.05, 0) is 74.4 Å². The first kappa shape index (κ1) is 20.6. The van der Waals surface area contributed by atoms with Gasteiger partial charge in [0, 0.05) is 13.6 Å². The SMILES string of the molecule is Cc1c(C)c(C)c(S(=O)(=O)N(C)CCC(O)c2ccccc2)c(C)c1C. The van der Waals surface area contributed by atoms with E-state index >= 15 is 0 Å². The summed E-state index contributed by atoms with van der Waals surface area (Å²) < 4.78 is 27.7. The molecule has 0 saturated heterocycles. The van der Waals surface area contributed by atoms with Gasteiger partial charge in [0.1, 0.15) is 0 Å². The fourth-order valence-electron chi connectivity index (χ4n) is 3.27. The first-order valence-corrected chi connectivity index (χ1v) is 10.3. The zero-order chi connectivity index (χ0) is 19.6. The molecule has 2 aromatic rings. The molecule has 0 aliphatic carbocycles. The van der Waals surface area contributed by atoms with Gasteiger partial charge < -0.3 is 5.11 Å². The number of aliphatic hydroxyl groups is 1. The van der Waals surface area contributed by atoms with Crippen LogP contribution in [0.1, 0.15) is 45.9 Å². The lowest BCUT2D eigenvalue weighted by Crippen LogP contribution is -2.30. The Hall–Kier alpha value is -1.69. The summed E-state index contributed by atoms with van der Waals surface area (Å²) in [7, 11) is -2.04. The Bertz CT molecular complexity index is 860. The van der Waals surface area contributed by atoms with Crippen LogP contribution in [-0.2, 0) is 10.0 Å². The third-order valence-electron chi connectivity index (χ3n) is 5.50. The van der Waals surface area contributed by atoms with Crippen LogP contribution in [0.25, 0.3) is 0 Å². The summed E-state index contributed by atoms with van der Waals surface area (Å²) in [5.74, 6) is 0. The lowest BCUT2D eigenvalue weighted by molar-refractivity contribution is 0.160. The summed E-state index contributed by atoms with van der Waals surface area (Å²) in [5.41, 5.74) is 5.59. The Labute approximate surface area is 157 Å². The number of sulfonamides is 1. The van der Waals surface area contributed by atoms with Crippen LogP contribution >= 0.6 is 0 Å². The van der Waals surface area contributed by atoms with Crippen molar-refractivity contribution in [3.8, 4) is 0 Å². The molecule has 0 bridgehead atoms. The van der Waals surface area contributed by atoms with Crippen LogP contribution in [0, 0.1) is 34.6 Å². The Kier molecular flexibility index (Phi) is 6.27. The minimum absolute atomic E-state index is 0.253. The molecule has 0 spiro atoms. The lowest BCUT2D eigenvalue weighted by atomic mass is 9.95. The molecule has 4 nitrogen and oxygen atoms in total. The molecule has 1 atom stereocenters. The zero-order valence-corrected chi connectivity index (χ0v) is 17.3. The predicted molar refractivity (Wildman–Crippen MR) is 106 cm³/mol. The predicted octanol–water partition coefficient (Wildman–Crippen LogP) is 3.97. The second-order valence-corrected chi connectivity index (χ2v) is 8.98. The summed E-state index contributed by atoms with van der Waals surface area (Å²) in [6, 6.07) is 9.31. The fraction of sp³-hybridized carbons (Fsp3) is 0.429. The second-order valence-electron chi connectivity index (χ2n) is 7.00. The quantitative estimate of drug-likeness (QED) is 0.831. The van der Waals surface area contributed by atoms with Gasteiger partial charge in [0.05, 0.1) is 11.0 Å². The summed E-state index contributed by atoms with van der Waals surface area (Å²) in [6.45, 7) is 9.96. The third-order valence-corrected chi connectivity index (χ3v) is 7.63. The smallest absolute Gasteiger partial charge is 0.243 e. The Balaban J connectivity index is 2.28. The number of benzene rings is 2. The van der Waals surface area contributed by atoms with E-state index in [0.29, 0.717) is 11.3 Å². The van der Waals surface area contributed by atoms with Gasteiger partial charge in [0.2, 0.25) is 10.0 Å². The van der Waals surface area contributed by atoms with Gasteiger partial charge in [-0.1, -0.05) is 30.3 Å². The minimum Gasteiger partial charge on any atom is -0.388 e. The molecule has 2 aromatic carbocycles. The van der Waals surface area contributed by atoms with Crippen molar-refractivity contribution in [2.45, 2.75) is 52.0 Å². The van der Waals surface area contributed by atoms with E-state index in [2.05, 4.69) is 0 Å². The molecule has 1 unspecified atom stereocenters. The molecule has 0 aliphatic heterocycles. The zero-order valence-electron chi connectivity index (χ0n) is 16.5. The highest BCUT2D eigenvalue weighted by molar-refractivity contribution is 7.89. The van der Waals surface area contributed by atoms with Gasteiger partial charge in [-0.2, -0.15) is 0 Å².